The Balaban J connectivity index is 1.66. The Labute approximate surface area is 173 Å². The minimum absolute atomic E-state index is 0.0168. The molecule has 9 nitrogen and oxygen atoms in total. The first-order valence-corrected chi connectivity index (χ1v) is 9.63. The van der Waals surface area contributed by atoms with Crippen molar-refractivity contribution in [1.29, 1.82) is 0 Å². The third kappa shape index (κ3) is 5.62. The zero-order valence-electron chi connectivity index (χ0n) is 17.0. The van der Waals surface area contributed by atoms with Crippen LogP contribution in [-0.4, -0.2) is 38.7 Å². The Bertz CT molecular complexity index is 947. The number of nitro benzene ring substituents is 1. The van der Waals surface area contributed by atoms with Crippen LogP contribution < -0.4 is 10.6 Å². The zero-order chi connectivity index (χ0) is 21.9. The molecule has 0 radical (unpaired) electrons. The van der Waals surface area contributed by atoms with E-state index in [4.69, 9.17) is 4.74 Å². The predicted molar refractivity (Wildman–Crippen MR) is 108 cm³/mol. The Kier molecular flexibility index (Phi) is 6.14. The molecular weight excluding hydrogens is 393 g/mol. The number of halogens is 1. The number of nitro groups is 1. The molecule has 10 heteroatoms. The van der Waals surface area contributed by atoms with Crippen LogP contribution in [-0.2, 0) is 4.74 Å². The third-order valence-electron chi connectivity index (χ3n) is 4.60. The topological polar surface area (TPSA) is 119 Å². The molecule has 2 atom stereocenters. The van der Waals surface area contributed by atoms with E-state index in [0.29, 0.717) is 17.9 Å². The first-order chi connectivity index (χ1) is 14.1. The second-order valence-corrected chi connectivity index (χ2v) is 8.20. The molecule has 1 aliphatic carbocycles. The summed E-state index contributed by atoms with van der Waals surface area (Å²) in [5, 5.41) is 17.4. The number of nitrogens with one attached hydrogen (secondary N) is 2. The minimum atomic E-state index is -0.688. The number of rotatable bonds is 5. The van der Waals surface area contributed by atoms with E-state index in [9.17, 15) is 19.3 Å². The quantitative estimate of drug-likeness (QED) is 0.556. The molecule has 0 bridgehead atoms. The molecule has 0 unspecified atom stereocenters. The number of benzene rings is 1. The lowest BCUT2D eigenvalue weighted by atomic mass is 10.1. The van der Waals surface area contributed by atoms with Crippen LogP contribution in [0.2, 0.25) is 0 Å². The van der Waals surface area contributed by atoms with Crippen molar-refractivity contribution in [2.24, 2.45) is 0 Å². The first-order valence-electron chi connectivity index (χ1n) is 9.63. The Morgan fingerprint density at radius 1 is 1.23 bits per heavy atom. The fourth-order valence-electron chi connectivity index (χ4n) is 3.38. The van der Waals surface area contributed by atoms with E-state index in [0.717, 1.165) is 25.0 Å². The molecule has 1 aromatic heterocycles. The summed E-state index contributed by atoms with van der Waals surface area (Å²) in [6.07, 6.45) is 3.15. The fourth-order valence-corrected chi connectivity index (χ4v) is 3.38. The van der Waals surface area contributed by atoms with Crippen LogP contribution in [0, 0.1) is 15.9 Å². The molecule has 1 amide bonds. The summed E-state index contributed by atoms with van der Waals surface area (Å²) in [4.78, 5) is 30.8. The molecule has 30 heavy (non-hydrogen) atoms. The second kappa shape index (κ2) is 8.60. The maximum atomic E-state index is 13.4. The summed E-state index contributed by atoms with van der Waals surface area (Å²) in [7, 11) is 0. The number of carbonyl (C=O) groups excluding carboxylic acids is 1. The number of carbonyl (C=O) groups is 1. The van der Waals surface area contributed by atoms with Gasteiger partial charge < -0.3 is 15.4 Å². The molecule has 0 saturated heterocycles. The average Bonchev–Trinajstić information content (AvgIpc) is 3.06. The van der Waals surface area contributed by atoms with Gasteiger partial charge in [-0.3, -0.25) is 10.1 Å². The van der Waals surface area contributed by atoms with Gasteiger partial charge in [0.2, 0.25) is 0 Å². The molecule has 0 aliphatic heterocycles. The Morgan fingerprint density at radius 2 is 1.97 bits per heavy atom. The van der Waals surface area contributed by atoms with Crippen LogP contribution >= 0.6 is 0 Å². The maximum Gasteiger partial charge on any atom is 0.407 e. The van der Waals surface area contributed by atoms with Gasteiger partial charge in [0.25, 0.3) is 5.69 Å². The lowest BCUT2D eigenvalue weighted by Gasteiger charge is -2.22. The molecule has 1 aromatic carbocycles. The highest BCUT2D eigenvalue weighted by molar-refractivity contribution is 5.72. The summed E-state index contributed by atoms with van der Waals surface area (Å²) in [6, 6.07) is 4.99. The van der Waals surface area contributed by atoms with Crippen LogP contribution in [0.1, 0.15) is 40.0 Å². The summed E-state index contributed by atoms with van der Waals surface area (Å²) in [5.74, 6) is -0.186. The molecule has 3 rings (SSSR count). The van der Waals surface area contributed by atoms with Crippen LogP contribution in [0.4, 0.5) is 20.7 Å². The van der Waals surface area contributed by atoms with Gasteiger partial charge in [-0.25, -0.2) is 19.2 Å². The molecule has 1 fully saturated rings. The van der Waals surface area contributed by atoms with Crippen molar-refractivity contribution in [1.82, 2.24) is 15.3 Å². The van der Waals surface area contributed by atoms with Gasteiger partial charge >= 0.3 is 6.09 Å². The molecule has 0 spiro atoms. The first kappa shape index (κ1) is 21.4. The van der Waals surface area contributed by atoms with Gasteiger partial charge in [-0.05, 0) is 52.2 Å². The number of nitrogens with zero attached hydrogens (tertiary/aromatic N) is 3. The number of ether oxygens (including phenoxy) is 1. The number of hydrogen-bond donors (Lipinski definition) is 2. The van der Waals surface area contributed by atoms with Gasteiger partial charge in [-0.15, -0.1) is 0 Å². The highest BCUT2D eigenvalue weighted by Crippen LogP contribution is 2.30. The van der Waals surface area contributed by atoms with Gasteiger partial charge in [0.1, 0.15) is 23.6 Å². The van der Waals surface area contributed by atoms with E-state index in [1.54, 1.807) is 6.07 Å². The lowest BCUT2D eigenvalue weighted by Crippen LogP contribution is -2.38. The normalized spacial score (nSPS) is 18.7. The van der Waals surface area contributed by atoms with Gasteiger partial charge in [0.05, 0.1) is 22.2 Å². The van der Waals surface area contributed by atoms with Crippen LogP contribution in [0.25, 0.3) is 11.3 Å². The van der Waals surface area contributed by atoms with E-state index in [1.165, 1.54) is 12.4 Å². The molecule has 1 saturated carbocycles. The SMILES string of the molecule is CC(C)(C)OC(=O)N[C@H]1CC[C@H](Nc2cc(-c3ccc(F)cc3[N+](=O)[O-])ncn2)C1. The van der Waals surface area contributed by atoms with Crippen LogP contribution in [0.3, 0.4) is 0 Å². The monoisotopic (exact) mass is 417 g/mol. The van der Waals surface area contributed by atoms with E-state index < -0.39 is 22.4 Å². The van der Waals surface area contributed by atoms with Crippen LogP contribution in [0.5, 0.6) is 0 Å². The number of amides is 1. The van der Waals surface area contributed by atoms with Gasteiger partial charge in [0.15, 0.2) is 0 Å². The summed E-state index contributed by atoms with van der Waals surface area (Å²) >= 11 is 0. The van der Waals surface area contributed by atoms with Crippen molar-refractivity contribution in [3.63, 3.8) is 0 Å². The fraction of sp³-hybridized carbons (Fsp3) is 0.450. The van der Waals surface area contributed by atoms with Crippen molar-refractivity contribution < 1.29 is 18.8 Å². The van der Waals surface area contributed by atoms with Crippen molar-refractivity contribution in [3.05, 3.63) is 46.5 Å². The molecule has 2 N–H and O–H groups in total. The van der Waals surface area contributed by atoms with Crippen LogP contribution in [0.15, 0.2) is 30.6 Å². The summed E-state index contributed by atoms with van der Waals surface area (Å²) in [5.41, 5.74) is -0.383. The molecule has 1 heterocycles. The van der Waals surface area contributed by atoms with Gasteiger partial charge in [-0.2, -0.15) is 0 Å². The Hall–Kier alpha value is -3.30. The standard InChI is InChI=1S/C20H24FN5O4/c1-20(2,3)30-19(27)25-14-6-5-13(9-14)24-18-10-16(22-11-23-18)15-7-4-12(21)8-17(15)26(28)29/h4,7-8,10-11,13-14H,5-6,9H2,1-3H3,(H,25,27)(H,22,23,24)/t13-,14-/m0/s1. The predicted octanol–water partition coefficient (Wildman–Crippen LogP) is 4.05. The lowest BCUT2D eigenvalue weighted by molar-refractivity contribution is -0.384. The summed E-state index contributed by atoms with van der Waals surface area (Å²) in [6.45, 7) is 5.43. The van der Waals surface area contributed by atoms with E-state index in [1.807, 2.05) is 20.8 Å². The van der Waals surface area contributed by atoms with Crippen molar-refractivity contribution >= 4 is 17.6 Å². The molecular formula is C20H24FN5O4. The highest BCUT2D eigenvalue weighted by atomic mass is 19.1. The van der Waals surface area contributed by atoms with Gasteiger partial charge in [-0.1, -0.05) is 0 Å². The minimum Gasteiger partial charge on any atom is -0.444 e. The maximum absolute atomic E-state index is 13.4. The second-order valence-electron chi connectivity index (χ2n) is 8.20. The number of alkyl carbamates (subject to hydrolysis) is 1. The highest BCUT2D eigenvalue weighted by Gasteiger charge is 2.28. The number of hydrogen-bond acceptors (Lipinski definition) is 7. The van der Waals surface area contributed by atoms with E-state index in [-0.39, 0.29) is 23.3 Å². The van der Waals surface area contributed by atoms with Crippen molar-refractivity contribution in [2.45, 2.75) is 57.7 Å². The zero-order valence-corrected chi connectivity index (χ0v) is 17.0. The largest absolute Gasteiger partial charge is 0.444 e. The average molecular weight is 417 g/mol. The smallest absolute Gasteiger partial charge is 0.407 e. The Morgan fingerprint density at radius 3 is 2.67 bits per heavy atom. The van der Waals surface area contributed by atoms with Gasteiger partial charge in [0, 0.05) is 18.2 Å². The van der Waals surface area contributed by atoms with Crippen molar-refractivity contribution in [2.75, 3.05) is 5.32 Å². The third-order valence-corrected chi connectivity index (χ3v) is 4.60. The molecule has 160 valence electrons. The molecule has 2 aromatic rings. The summed E-state index contributed by atoms with van der Waals surface area (Å²) < 4.78 is 18.7. The number of aromatic nitrogens is 2. The van der Waals surface area contributed by atoms with E-state index >= 15 is 0 Å². The molecule has 1 aliphatic rings. The van der Waals surface area contributed by atoms with E-state index in [2.05, 4.69) is 20.6 Å². The number of anilines is 1. The van der Waals surface area contributed by atoms with Crippen molar-refractivity contribution in [3.8, 4) is 11.3 Å².